The molecule has 0 bridgehead atoms. The monoisotopic (exact) mass is 1230 g/mol. The van der Waals surface area contributed by atoms with Crippen molar-refractivity contribution in [2.45, 2.75) is 44.9 Å². The van der Waals surface area contributed by atoms with Gasteiger partial charge < -0.3 is 0 Å². The first-order valence-corrected chi connectivity index (χ1v) is 32.9. The van der Waals surface area contributed by atoms with Crippen LogP contribution in [0.1, 0.15) is 105 Å². The second-order valence-corrected chi connectivity index (χ2v) is 29.0. The maximum absolute atomic E-state index is 15.0. The van der Waals surface area contributed by atoms with Crippen LogP contribution >= 0.6 is 0 Å². The summed E-state index contributed by atoms with van der Waals surface area (Å²) in [5.74, 6) is 6.93. The van der Waals surface area contributed by atoms with Crippen LogP contribution in [0.25, 0.3) is 76.5 Å². The van der Waals surface area contributed by atoms with E-state index in [-0.39, 0.29) is 23.7 Å². The molecule has 6 nitrogen and oxygen atoms in total. The maximum atomic E-state index is 15.0. The van der Waals surface area contributed by atoms with E-state index < -0.39 is 5.41 Å². The number of hydrogen-bond acceptors (Lipinski definition) is 2. The molecule has 94 heavy (non-hydrogen) atoms. The van der Waals surface area contributed by atoms with E-state index >= 15 is 0 Å². The number of rotatable bonds is 13. The van der Waals surface area contributed by atoms with Crippen LogP contribution in [0.15, 0.2) is 243 Å². The number of nitrogens with zero attached hydrogens (tertiary/aromatic N) is 4. The number of carbonyl (C=O) groups excluding carboxylic acids is 2. The lowest BCUT2D eigenvalue weighted by Gasteiger charge is -2.37. The van der Waals surface area contributed by atoms with Gasteiger partial charge in [-0.3, -0.25) is 23.0 Å². The van der Waals surface area contributed by atoms with Gasteiger partial charge in [0.1, 0.15) is 17.1 Å². The van der Waals surface area contributed by atoms with Crippen molar-refractivity contribution in [3.05, 3.63) is 298 Å². The third kappa shape index (κ3) is 10.5. The molecule has 0 aliphatic carbocycles. The standard InChI is InChI=1S/C88H81N4O2/c1-56(2)73-16-14-17-74(57(3)4)85(73)89-86(93)80-54-52-78-76-19-15-18-75-65(36-51-77(82(75)76)79-53-55-81(87(89)94)84(80)83(78)79)23-20-58-21-37-66(38-22-58)88(67-39-24-59(25-40-67)62-30-45-70(46-31-62)90(5,6)7,68-41-26-60(27-42-68)63-32-47-71(48-33-63)91(8,9)10)69-43-28-61(29-44-69)64-34-49-72(50-35-64)92(11,12)13/h14-19,21-22,24-57H,1-13H3/q+3. The normalized spacial score (nSPS) is 13.1. The van der Waals surface area contributed by atoms with Gasteiger partial charge in [0.15, 0.2) is 0 Å². The molecule has 0 spiro atoms. The van der Waals surface area contributed by atoms with Gasteiger partial charge in [-0.25, -0.2) is 4.90 Å². The number of quaternary nitrogens is 3. The first-order valence-electron chi connectivity index (χ1n) is 32.9. The number of amides is 2. The van der Waals surface area contributed by atoms with Gasteiger partial charge in [0.05, 0.1) is 74.5 Å². The lowest BCUT2D eigenvalue weighted by molar-refractivity contribution is 0.0892. The number of fused-ring (bicyclic) bond motifs is 2. The fourth-order valence-electron chi connectivity index (χ4n) is 14.6. The molecule has 2 amide bonds. The average molecular weight is 1230 g/mol. The van der Waals surface area contributed by atoms with Crippen molar-refractivity contribution >= 4 is 77.7 Å². The summed E-state index contributed by atoms with van der Waals surface area (Å²) < 4.78 is 2.24. The summed E-state index contributed by atoms with van der Waals surface area (Å²) in [4.78, 5) is 31.4. The van der Waals surface area contributed by atoms with Crippen LogP contribution in [0.5, 0.6) is 0 Å². The second-order valence-electron chi connectivity index (χ2n) is 29.0. The minimum atomic E-state index is -0.762. The number of hydrogen-bond donors (Lipinski definition) is 0. The van der Waals surface area contributed by atoms with E-state index in [1.165, 1.54) is 38.7 Å². The fourth-order valence-corrected chi connectivity index (χ4v) is 14.6. The molecular formula is C88H81N4O2+3. The number of carbonyl (C=O) groups is 2. The second kappa shape index (κ2) is 23.1. The predicted molar refractivity (Wildman–Crippen MR) is 399 cm³/mol. The van der Waals surface area contributed by atoms with Crippen LogP contribution in [0.2, 0.25) is 0 Å². The third-order valence-electron chi connectivity index (χ3n) is 19.8. The summed E-state index contributed by atoms with van der Waals surface area (Å²) in [6, 6.07) is 88.5. The molecule has 1 heterocycles. The van der Waals surface area contributed by atoms with Crippen LogP contribution in [0, 0.1) is 11.8 Å². The first-order chi connectivity index (χ1) is 45.0. The molecule has 1 aliphatic heterocycles. The van der Waals surface area contributed by atoms with Gasteiger partial charge in [-0.1, -0.05) is 179 Å². The lowest BCUT2D eigenvalue weighted by Crippen LogP contribution is -2.41. The van der Waals surface area contributed by atoms with E-state index in [1.54, 1.807) is 0 Å². The summed E-state index contributed by atoms with van der Waals surface area (Å²) in [6.45, 7) is 8.48. The molecule has 13 aromatic rings. The van der Waals surface area contributed by atoms with Gasteiger partial charge in [0.2, 0.25) is 0 Å². The van der Waals surface area contributed by atoms with Crippen LogP contribution in [-0.4, -0.2) is 75.2 Å². The van der Waals surface area contributed by atoms with E-state index in [0.29, 0.717) is 16.8 Å². The van der Waals surface area contributed by atoms with E-state index in [2.05, 4.69) is 327 Å². The zero-order valence-electron chi connectivity index (χ0n) is 56.4. The number of imide groups is 1. The molecule has 0 unspecified atom stereocenters. The number of para-hydroxylation sites is 1. The Morgan fingerprint density at radius 3 is 1.01 bits per heavy atom. The molecule has 0 saturated carbocycles. The van der Waals surface area contributed by atoms with E-state index in [4.69, 9.17) is 0 Å². The molecule has 13 aromatic carbocycles. The number of anilines is 1. The van der Waals surface area contributed by atoms with Gasteiger partial charge in [0, 0.05) is 27.6 Å². The Hall–Kier alpha value is -10.3. The SMILES string of the molecule is CC(C)c1cccc(C(C)C)c1N1C(=O)c2ccc3c4cccc5c(C#Cc6ccc(C(c7ccc(-c8ccc([N+](C)(C)C)cc8)cc7)(c7ccc(-c8ccc([N+](C)(C)C)cc8)cc7)c7ccc(-c8ccc([N+](C)(C)C)cc8)cc7)cc6)ccc(c6ccc(c2c36)C1=O)c54. The minimum absolute atomic E-state index is 0.108. The van der Waals surface area contributed by atoms with Crippen molar-refractivity contribution in [1.29, 1.82) is 0 Å². The Labute approximate surface area is 554 Å². The highest BCUT2D eigenvalue weighted by Gasteiger charge is 2.40. The minimum Gasteiger partial charge on any atom is -0.298 e. The molecule has 1 aliphatic rings. The third-order valence-corrected chi connectivity index (χ3v) is 19.8. The van der Waals surface area contributed by atoms with Crippen LogP contribution < -0.4 is 18.3 Å². The molecule has 0 fully saturated rings. The van der Waals surface area contributed by atoms with E-state index in [9.17, 15) is 9.59 Å². The predicted octanol–water partition coefficient (Wildman–Crippen LogP) is 20.2. The first kappa shape index (κ1) is 61.3. The molecule has 0 atom stereocenters. The Bertz CT molecular complexity index is 4820. The Morgan fingerprint density at radius 1 is 0.319 bits per heavy atom. The fraction of sp³-hybridized carbons (Fsp3) is 0.182. The van der Waals surface area contributed by atoms with Crippen LogP contribution in [-0.2, 0) is 5.41 Å². The zero-order chi connectivity index (χ0) is 65.8. The van der Waals surface area contributed by atoms with Gasteiger partial charge in [0.25, 0.3) is 11.8 Å². The molecule has 6 heteroatoms. The highest BCUT2D eigenvalue weighted by Crippen LogP contribution is 2.49. The molecule has 14 rings (SSSR count). The van der Waals surface area contributed by atoms with Crippen LogP contribution in [0.4, 0.5) is 22.7 Å². The van der Waals surface area contributed by atoms with Gasteiger partial charge in [-0.05, 0) is 219 Å². The largest absolute Gasteiger partial charge is 0.298 e. The number of benzene rings is 13. The van der Waals surface area contributed by atoms with Crippen molar-refractivity contribution < 1.29 is 9.59 Å². The summed E-state index contributed by atoms with van der Waals surface area (Å²) in [6.07, 6.45) is 0. The van der Waals surface area contributed by atoms with Crippen molar-refractivity contribution in [1.82, 2.24) is 13.4 Å². The van der Waals surface area contributed by atoms with Crippen LogP contribution in [0.3, 0.4) is 0 Å². The quantitative estimate of drug-likeness (QED) is 0.0288. The summed E-state index contributed by atoms with van der Waals surface area (Å²) in [5, 5.41) is 7.96. The van der Waals surface area contributed by atoms with Gasteiger partial charge in [-0.15, -0.1) is 0 Å². The summed E-state index contributed by atoms with van der Waals surface area (Å²) in [7, 11) is 19.8. The Morgan fingerprint density at radius 2 is 0.638 bits per heavy atom. The summed E-state index contributed by atoms with van der Waals surface area (Å²) >= 11 is 0. The van der Waals surface area contributed by atoms with Crippen molar-refractivity contribution in [3.63, 3.8) is 0 Å². The molecule has 0 aromatic heterocycles. The van der Waals surface area contributed by atoms with E-state index in [0.717, 1.165) is 118 Å². The van der Waals surface area contributed by atoms with Gasteiger partial charge >= 0.3 is 0 Å². The molecule has 0 N–H and O–H groups in total. The maximum Gasteiger partial charge on any atom is 0.266 e. The topological polar surface area (TPSA) is 37.4 Å². The zero-order valence-corrected chi connectivity index (χ0v) is 56.4. The van der Waals surface area contributed by atoms with Crippen molar-refractivity contribution in [2.24, 2.45) is 0 Å². The van der Waals surface area contributed by atoms with Crippen molar-refractivity contribution in [3.8, 4) is 45.2 Å². The van der Waals surface area contributed by atoms with Gasteiger partial charge in [-0.2, -0.15) is 0 Å². The highest BCUT2D eigenvalue weighted by atomic mass is 16.2. The smallest absolute Gasteiger partial charge is 0.266 e. The average Bonchev–Trinajstić information content (AvgIpc) is 0.699. The lowest BCUT2D eigenvalue weighted by atomic mass is 9.64. The summed E-state index contributed by atoms with van der Waals surface area (Å²) in [5.41, 5.74) is 20.1. The highest BCUT2D eigenvalue weighted by molar-refractivity contribution is 6.42. The Kier molecular flexibility index (Phi) is 15.0. The van der Waals surface area contributed by atoms with Crippen molar-refractivity contribution in [2.75, 3.05) is 68.3 Å². The molecular weight excluding hydrogens is 1140 g/mol. The molecule has 0 saturated heterocycles. The molecule has 0 radical (unpaired) electrons. The molecule has 462 valence electrons. The van der Waals surface area contributed by atoms with E-state index in [1.807, 2.05) is 18.2 Å². The Balaban J connectivity index is 0.881.